The molecule has 0 saturated carbocycles. The van der Waals surface area contributed by atoms with Gasteiger partial charge in [0.05, 0.1) is 20.0 Å². The molecule has 1 fully saturated rings. The summed E-state index contributed by atoms with van der Waals surface area (Å²) in [6.07, 6.45) is 0. The van der Waals surface area contributed by atoms with Crippen LogP contribution in [0.4, 0.5) is 0 Å². The molecule has 1 rings (SSSR count). The van der Waals surface area contributed by atoms with Crippen LogP contribution in [0.15, 0.2) is 0 Å². The summed E-state index contributed by atoms with van der Waals surface area (Å²) < 4.78 is 0. The third kappa shape index (κ3) is 2.75. The van der Waals surface area contributed by atoms with E-state index in [1.165, 1.54) is 0 Å². The minimum absolute atomic E-state index is 0.752. The molecule has 1 aliphatic heterocycles. The maximum atomic E-state index is 5.47. The smallest absolute Gasteiger partial charge is 0.0527 e. The van der Waals surface area contributed by atoms with E-state index in [2.05, 4.69) is 28.8 Å². The lowest BCUT2D eigenvalue weighted by atomic mass is 10.5. The van der Waals surface area contributed by atoms with Crippen LogP contribution >= 0.6 is 0 Å². The van der Waals surface area contributed by atoms with Gasteiger partial charge >= 0.3 is 0 Å². The Labute approximate surface area is 68.5 Å². The molecule has 1 heterocycles. The highest BCUT2D eigenvalue weighted by Crippen LogP contribution is 2.01. The van der Waals surface area contributed by atoms with E-state index in [1.807, 2.05) is 0 Å². The number of hydrogen-bond donors (Lipinski definition) is 1. The Bertz CT molecular complexity index is 107. The highest BCUT2D eigenvalue weighted by Gasteiger charge is 2.16. The van der Waals surface area contributed by atoms with E-state index in [4.69, 9.17) is 5.73 Å². The van der Waals surface area contributed by atoms with Gasteiger partial charge in [0.25, 0.3) is 0 Å². The van der Waals surface area contributed by atoms with Crippen LogP contribution in [-0.4, -0.2) is 61.9 Å². The SMILES string of the molecule is CN1CN(C)CN(CCN)C1. The van der Waals surface area contributed by atoms with Crippen molar-refractivity contribution in [2.75, 3.05) is 47.2 Å². The fraction of sp³-hybridized carbons (Fsp3) is 1.00. The average Bonchev–Trinajstić information content (AvgIpc) is 1.85. The molecule has 0 spiro atoms. The maximum Gasteiger partial charge on any atom is 0.0527 e. The Morgan fingerprint density at radius 2 is 1.64 bits per heavy atom. The van der Waals surface area contributed by atoms with Crippen molar-refractivity contribution < 1.29 is 0 Å². The van der Waals surface area contributed by atoms with Crippen molar-refractivity contribution in [1.29, 1.82) is 0 Å². The molecule has 0 aromatic heterocycles. The molecule has 0 unspecified atom stereocenters. The summed E-state index contributed by atoms with van der Waals surface area (Å²) in [5.41, 5.74) is 5.47. The van der Waals surface area contributed by atoms with Crippen LogP contribution in [0.2, 0.25) is 0 Å². The van der Waals surface area contributed by atoms with Gasteiger partial charge < -0.3 is 5.73 Å². The molecular formula is C7H18N4. The number of rotatable bonds is 2. The van der Waals surface area contributed by atoms with E-state index in [9.17, 15) is 0 Å². The summed E-state index contributed by atoms with van der Waals surface area (Å²) in [4.78, 5) is 6.89. The van der Waals surface area contributed by atoms with E-state index in [0.29, 0.717) is 0 Å². The molecule has 4 heteroatoms. The minimum Gasteiger partial charge on any atom is -0.329 e. The Morgan fingerprint density at radius 3 is 2.09 bits per heavy atom. The minimum atomic E-state index is 0.752. The highest BCUT2D eigenvalue weighted by molar-refractivity contribution is 4.63. The van der Waals surface area contributed by atoms with Gasteiger partial charge in [-0.25, -0.2) is 0 Å². The van der Waals surface area contributed by atoms with E-state index < -0.39 is 0 Å². The molecule has 66 valence electrons. The Balaban J connectivity index is 2.30. The Hall–Kier alpha value is -0.160. The first kappa shape index (κ1) is 8.93. The Morgan fingerprint density at radius 1 is 1.09 bits per heavy atom. The molecule has 1 aliphatic rings. The van der Waals surface area contributed by atoms with Gasteiger partial charge in [-0.15, -0.1) is 0 Å². The standard InChI is InChI=1S/C7H18N4/c1-9-5-10(2)7-11(6-9)4-3-8/h3-8H2,1-2H3. The number of nitrogens with two attached hydrogens (primary N) is 1. The largest absolute Gasteiger partial charge is 0.329 e. The molecule has 0 bridgehead atoms. The van der Waals surface area contributed by atoms with E-state index in [1.54, 1.807) is 0 Å². The lowest BCUT2D eigenvalue weighted by Gasteiger charge is -2.38. The monoisotopic (exact) mass is 158 g/mol. The predicted octanol–water partition coefficient (Wildman–Crippen LogP) is -1.00. The molecule has 2 N–H and O–H groups in total. The van der Waals surface area contributed by atoms with Crippen molar-refractivity contribution in [3.63, 3.8) is 0 Å². The van der Waals surface area contributed by atoms with Crippen LogP contribution < -0.4 is 5.73 Å². The van der Waals surface area contributed by atoms with Crippen LogP contribution in [0.5, 0.6) is 0 Å². The van der Waals surface area contributed by atoms with Crippen molar-refractivity contribution in [2.45, 2.75) is 0 Å². The molecule has 0 aromatic rings. The summed E-state index contributed by atoms with van der Waals surface area (Å²) in [6, 6.07) is 0. The van der Waals surface area contributed by atoms with E-state index in [0.717, 1.165) is 33.1 Å². The van der Waals surface area contributed by atoms with Crippen LogP contribution in [-0.2, 0) is 0 Å². The van der Waals surface area contributed by atoms with Crippen molar-refractivity contribution in [1.82, 2.24) is 14.7 Å². The summed E-state index contributed by atoms with van der Waals surface area (Å²) in [5.74, 6) is 0. The normalized spacial score (nSPS) is 24.3. The predicted molar refractivity (Wildman–Crippen MR) is 45.9 cm³/mol. The second kappa shape index (κ2) is 4.01. The van der Waals surface area contributed by atoms with Gasteiger partial charge in [-0.2, -0.15) is 0 Å². The van der Waals surface area contributed by atoms with Crippen molar-refractivity contribution in [3.05, 3.63) is 0 Å². The first-order chi connectivity index (χ1) is 5.22. The van der Waals surface area contributed by atoms with Gasteiger partial charge in [-0.3, -0.25) is 14.7 Å². The summed E-state index contributed by atoms with van der Waals surface area (Å²) >= 11 is 0. The van der Waals surface area contributed by atoms with Gasteiger partial charge in [0.1, 0.15) is 0 Å². The van der Waals surface area contributed by atoms with Gasteiger partial charge in [-0.1, -0.05) is 0 Å². The molecule has 0 aliphatic carbocycles. The van der Waals surface area contributed by atoms with Gasteiger partial charge in [-0.05, 0) is 14.1 Å². The van der Waals surface area contributed by atoms with E-state index >= 15 is 0 Å². The first-order valence-corrected chi connectivity index (χ1v) is 4.02. The molecule has 0 amide bonds. The third-order valence-electron chi connectivity index (χ3n) is 1.81. The molecule has 0 aromatic carbocycles. The van der Waals surface area contributed by atoms with Crippen LogP contribution in [0.1, 0.15) is 0 Å². The zero-order valence-corrected chi connectivity index (χ0v) is 7.45. The zero-order chi connectivity index (χ0) is 8.27. The quantitative estimate of drug-likeness (QED) is 0.559. The second-order valence-electron chi connectivity index (χ2n) is 3.32. The Kier molecular flexibility index (Phi) is 3.26. The van der Waals surface area contributed by atoms with E-state index in [-0.39, 0.29) is 0 Å². The van der Waals surface area contributed by atoms with Gasteiger partial charge in [0.2, 0.25) is 0 Å². The van der Waals surface area contributed by atoms with Crippen molar-refractivity contribution in [2.24, 2.45) is 5.73 Å². The fourth-order valence-electron chi connectivity index (χ4n) is 1.55. The lowest BCUT2D eigenvalue weighted by Crippen LogP contribution is -2.52. The van der Waals surface area contributed by atoms with Crippen molar-refractivity contribution >= 4 is 0 Å². The van der Waals surface area contributed by atoms with Crippen LogP contribution in [0.25, 0.3) is 0 Å². The molecule has 4 nitrogen and oxygen atoms in total. The zero-order valence-electron chi connectivity index (χ0n) is 7.45. The van der Waals surface area contributed by atoms with Crippen molar-refractivity contribution in [3.8, 4) is 0 Å². The first-order valence-electron chi connectivity index (χ1n) is 4.02. The lowest BCUT2D eigenvalue weighted by molar-refractivity contribution is 0.000788. The molecule has 1 saturated heterocycles. The highest BCUT2D eigenvalue weighted by atomic mass is 15.5. The van der Waals surface area contributed by atoms with Crippen LogP contribution in [0.3, 0.4) is 0 Å². The number of hydrogen-bond acceptors (Lipinski definition) is 4. The van der Waals surface area contributed by atoms with Crippen LogP contribution in [0, 0.1) is 0 Å². The molecule has 11 heavy (non-hydrogen) atoms. The topological polar surface area (TPSA) is 35.7 Å². The van der Waals surface area contributed by atoms with Gasteiger partial charge in [0.15, 0.2) is 0 Å². The average molecular weight is 158 g/mol. The van der Waals surface area contributed by atoms with Gasteiger partial charge in [0, 0.05) is 13.1 Å². The maximum absolute atomic E-state index is 5.47. The molecule has 0 atom stereocenters. The summed E-state index contributed by atoms with van der Waals surface area (Å²) in [5, 5.41) is 0. The summed E-state index contributed by atoms with van der Waals surface area (Å²) in [6.45, 7) is 4.89. The molecule has 0 radical (unpaired) electrons. The molecular weight excluding hydrogens is 140 g/mol. The summed E-state index contributed by atoms with van der Waals surface area (Å²) in [7, 11) is 4.25. The number of nitrogens with zero attached hydrogens (tertiary/aromatic N) is 3. The fourth-order valence-corrected chi connectivity index (χ4v) is 1.55. The third-order valence-corrected chi connectivity index (χ3v) is 1.81. The second-order valence-corrected chi connectivity index (χ2v) is 3.32.